The van der Waals surface area contributed by atoms with E-state index < -0.39 is 0 Å². The third-order valence-corrected chi connectivity index (χ3v) is 3.35. The fraction of sp³-hybridized carbons (Fsp3) is 0.917. The molecule has 1 unspecified atom stereocenters. The molecule has 0 aromatic rings. The smallest absolute Gasteiger partial charge is 0.224 e. The van der Waals surface area contributed by atoms with Gasteiger partial charge in [-0.25, -0.2) is 0 Å². The van der Waals surface area contributed by atoms with Crippen molar-refractivity contribution in [3.63, 3.8) is 0 Å². The van der Waals surface area contributed by atoms with Crippen LogP contribution >= 0.6 is 0 Å². The van der Waals surface area contributed by atoms with Gasteiger partial charge >= 0.3 is 0 Å². The van der Waals surface area contributed by atoms with Gasteiger partial charge in [-0.05, 0) is 32.1 Å². The lowest BCUT2D eigenvalue weighted by Gasteiger charge is -2.38. The average Bonchev–Trinajstić information content (AvgIpc) is 2.20. The molecule has 0 heterocycles. The highest BCUT2D eigenvalue weighted by atomic mass is 16.3. The van der Waals surface area contributed by atoms with Gasteiger partial charge in [-0.15, -0.1) is 0 Å². The van der Waals surface area contributed by atoms with Crippen molar-refractivity contribution in [2.75, 3.05) is 13.2 Å². The summed E-state index contributed by atoms with van der Waals surface area (Å²) in [5.74, 6) is 0.160. The molecular formula is C12H24N2O2. The maximum absolute atomic E-state index is 12.0. The Kier molecular flexibility index (Phi) is 5.77. The number of rotatable bonds is 7. The molecule has 1 saturated carbocycles. The van der Waals surface area contributed by atoms with E-state index in [0.29, 0.717) is 25.4 Å². The molecule has 1 aliphatic rings. The molecule has 0 spiro atoms. The maximum Gasteiger partial charge on any atom is 0.224 e. The molecule has 16 heavy (non-hydrogen) atoms. The molecule has 94 valence electrons. The minimum atomic E-state index is -0.0239. The number of nitrogens with zero attached hydrogens (tertiary/aromatic N) is 1. The van der Waals surface area contributed by atoms with Crippen LogP contribution in [0.2, 0.25) is 0 Å². The molecular weight excluding hydrogens is 204 g/mol. The Balaban J connectivity index is 2.43. The van der Waals surface area contributed by atoms with E-state index in [4.69, 9.17) is 10.8 Å². The highest BCUT2D eigenvalue weighted by molar-refractivity contribution is 5.77. The van der Waals surface area contributed by atoms with Crippen LogP contribution in [-0.2, 0) is 4.79 Å². The van der Waals surface area contributed by atoms with Crippen LogP contribution in [0, 0.1) is 0 Å². The molecule has 1 aliphatic carbocycles. The van der Waals surface area contributed by atoms with Crippen LogP contribution in [0.25, 0.3) is 0 Å². The van der Waals surface area contributed by atoms with Gasteiger partial charge in [0.15, 0.2) is 0 Å². The van der Waals surface area contributed by atoms with Crippen LogP contribution in [0.1, 0.15) is 45.4 Å². The molecule has 1 atom stereocenters. The fourth-order valence-corrected chi connectivity index (χ4v) is 1.94. The largest absolute Gasteiger partial charge is 0.396 e. The van der Waals surface area contributed by atoms with Gasteiger partial charge in [0.25, 0.3) is 0 Å². The summed E-state index contributed by atoms with van der Waals surface area (Å²) < 4.78 is 0. The molecule has 0 aromatic heterocycles. The minimum Gasteiger partial charge on any atom is -0.396 e. The predicted octanol–water partition coefficient (Wildman–Crippen LogP) is 0.877. The van der Waals surface area contributed by atoms with Gasteiger partial charge in [0, 0.05) is 31.7 Å². The predicted molar refractivity (Wildman–Crippen MR) is 63.9 cm³/mol. The van der Waals surface area contributed by atoms with Crippen LogP contribution < -0.4 is 5.73 Å². The first-order valence-electron chi connectivity index (χ1n) is 6.35. The Hall–Kier alpha value is -0.610. The molecule has 1 amide bonds. The molecule has 0 bridgehead atoms. The summed E-state index contributed by atoms with van der Waals surface area (Å²) in [6.07, 6.45) is 5.39. The molecule has 1 rings (SSSR count). The number of aliphatic hydroxyl groups is 1. The summed E-state index contributed by atoms with van der Waals surface area (Å²) in [5.41, 5.74) is 5.80. The number of amides is 1. The van der Waals surface area contributed by atoms with Crippen molar-refractivity contribution in [3.05, 3.63) is 0 Å². The molecule has 0 saturated heterocycles. The Morgan fingerprint density at radius 2 is 2.25 bits per heavy atom. The minimum absolute atomic E-state index is 0.0239. The zero-order valence-corrected chi connectivity index (χ0v) is 10.2. The number of nitrogens with two attached hydrogens (primary N) is 1. The van der Waals surface area contributed by atoms with Crippen LogP contribution in [0.3, 0.4) is 0 Å². The van der Waals surface area contributed by atoms with Crippen molar-refractivity contribution in [1.29, 1.82) is 0 Å². The van der Waals surface area contributed by atoms with E-state index in [9.17, 15) is 4.79 Å². The Labute approximate surface area is 97.8 Å². The van der Waals surface area contributed by atoms with Gasteiger partial charge in [0.2, 0.25) is 5.91 Å². The van der Waals surface area contributed by atoms with E-state index in [1.807, 2.05) is 11.8 Å². The van der Waals surface area contributed by atoms with Crippen molar-refractivity contribution in [2.45, 2.75) is 57.5 Å². The van der Waals surface area contributed by atoms with Crippen molar-refractivity contribution in [2.24, 2.45) is 5.73 Å². The second-order valence-corrected chi connectivity index (χ2v) is 4.62. The fourth-order valence-electron chi connectivity index (χ4n) is 1.94. The standard InChI is InChI=1S/C12H24N2O2/c1-2-10(13)9-12(16)14(7-4-8-15)11-5-3-6-11/h10-11,15H,2-9,13H2,1H3. The van der Waals surface area contributed by atoms with E-state index in [2.05, 4.69) is 0 Å². The van der Waals surface area contributed by atoms with Gasteiger partial charge in [-0.3, -0.25) is 4.79 Å². The average molecular weight is 228 g/mol. The first-order valence-corrected chi connectivity index (χ1v) is 6.35. The monoisotopic (exact) mass is 228 g/mol. The summed E-state index contributed by atoms with van der Waals surface area (Å²) in [5, 5.41) is 8.83. The first-order chi connectivity index (χ1) is 7.69. The van der Waals surface area contributed by atoms with Gasteiger partial charge < -0.3 is 15.7 Å². The molecule has 3 N–H and O–H groups in total. The Bertz CT molecular complexity index is 217. The van der Waals surface area contributed by atoms with E-state index >= 15 is 0 Å². The van der Waals surface area contributed by atoms with Crippen LogP contribution in [-0.4, -0.2) is 41.1 Å². The first kappa shape index (κ1) is 13.5. The second kappa shape index (κ2) is 6.86. The quantitative estimate of drug-likeness (QED) is 0.679. The van der Waals surface area contributed by atoms with Crippen molar-refractivity contribution < 1.29 is 9.90 Å². The van der Waals surface area contributed by atoms with E-state index in [0.717, 1.165) is 19.3 Å². The van der Waals surface area contributed by atoms with Gasteiger partial charge in [-0.1, -0.05) is 6.92 Å². The third-order valence-electron chi connectivity index (χ3n) is 3.35. The zero-order valence-electron chi connectivity index (χ0n) is 10.2. The highest BCUT2D eigenvalue weighted by Gasteiger charge is 2.28. The SMILES string of the molecule is CCC(N)CC(=O)N(CCCO)C1CCC1. The Morgan fingerprint density at radius 1 is 1.56 bits per heavy atom. The molecule has 4 nitrogen and oxygen atoms in total. The molecule has 0 aliphatic heterocycles. The lowest BCUT2D eigenvalue weighted by molar-refractivity contribution is -0.135. The van der Waals surface area contributed by atoms with Crippen molar-refractivity contribution >= 4 is 5.91 Å². The molecule has 0 radical (unpaired) electrons. The number of hydrogen-bond acceptors (Lipinski definition) is 3. The Morgan fingerprint density at radius 3 is 2.69 bits per heavy atom. The topological polar surface area (TPSA) is 66.6 Å². The van der Waals surface area contributed by atoms with Gasteiger partial charge in [-0.2, -0.15) is 0 Å². The summed E-state index contributed by atoms with van der Waals surface area (Å²) >= 11 is 0. The van der Waals surface area contributed by atoms with Gasteiger partial charge in [0.05, 0.1) is 0 Å². The van der Waals surface area contributed by atoms with E-state index in [1.165, 1.54) is 6.42 Å². The van der Waals surface area contributed by atoms with Crippen LogP contribution in [0.4, 0.5) is 0 Å². The van der Waals surface area contributed by atoms with Crippen molar-refractivity contribution in [1.82, 2.24) is 4.90 Å². The molecule has 1 fully saturated rings. The number of aliphatic hydroxyl groups excluding tert-OH is 1. The number of carbonyl (C=O) groups excluding carboxylic acids is 1. The summed E-state index contributed by atoms with van der Waals surface area (Å²) in [7, 11) is 0. The van der Waals surface area contributed by atoms with E-state index in [1.54, 1.807) is 0 Å². The lowest BCUT2D eigenvalue weighted by Crippen LogP contribution is -2.46. The number of carbonyl (C=O) groups is 1. The van der Waals surface area contributed by atoms with Gasteiger partial charge in [0.1, 0.15) is 0 Å². The summed E-state index contributed by atoms with van der Waals surface area (Å²) in [6, 6.07) is 0.382. The van der Waals surface area contributed by atoms with Crippen LogP contribution in [0.15, 0.2) is 0 Å². The molecule has 0 aromatic carbocycles. The maximum atomic E-state index is 12.0. The highest BCUT2D eigenvalue weighted by Crippen LogP contribution is 2.25. The third kappa shape index (κ3) is 3.76. The zero-order chi connectivity index (χ0) is 12.0. The van der Waals surface area contributed by atoms with E-state index in [-0.39, 0.29) is 18.6 Å². The lowest BCUT2D eigenvalue weighted by atomic mass is 9.91. The summed E-state index contributed by atoms with van der Waals surface area (Å²) in [6.45, 7) is 2.83. The van der Waals surface area contributed by atoms with Crippen molar-refractivity contribution in [3.8, 4) is 0 Å². The second-order valence-electron chi connectivity index (χ2n) is 4.62. The normalized spacial score (nSPS) is 17.9. The molecule has 4 heteroatoms. The number of hydrogen-bond donors (Lipinski definition) is 2. The summed E-state index contributed by atoms with van der Waals surface area (Å²) in [4.78, 5) is 13.9. The van der Waals surface area contributed by atoms with Crippen LogP contribution in [0.5, 0.6) is 0 Å².